The zero-order valence-corrected chi connectivity index (χ0v) is 11.3. The molecule has 0 saturated carbocycles. The van der Waals surface area contributed by atoms with E-state index in [9.17, 15) is 13.6 Å². The van der Waals surface area contributed by atoms with E-state index in [1.165, 1.54) is 7.11 Å². The van der Waals surface area contributed by atoms with Crippen LogP contribution in [0.2, 0.25) is 0 Å². The Hall–Kier alpha value is -2.34. The van der Waals surface area contributed by atoms with Crippen LogP contribution < -0.4 is 5.73 Å². The lowest BCUT2D eigenvalue weighted by Crippen LogP contribution is -2.33. The maximum Gasteiger partial charge on any atom is 0.322 e. The van der Waals surface area contributed by atoms with Crippen LogP contribution in [-0.4, -0.2) is 24.1 Å². The highest BCUT2D eigenvalue weighted by molar-refractivity contribution is 5.75. The molecule has 2 rings (SSSR count). The molecule has 6 heteroatoms. The van der Waals surface area contributed by atoms with Crippen LogP contribution in [0.15, 0.2) is 36.4 Å². The fourth-order valence-corrected chi connectivity index (χ4v) is 1.95. The van der Waals surface area contributed by atoms with Crippen LogP contribution >= 0.6 is 0 Å². The monoisotopic (exact) mass is 292 g/mol. The Labute approximate surface area is 120 Å². The first-order chi connectivity index (χ1) is 9.99. The number of pyridine rings is 1. The topological polar surface area (TPSA) is 65.2 Å². The molecule has 2 N–H and O–H groups in total. The van der Waals surface area contributed by atoms with Crippen molar-refractivity contribution in [3.8, 4) is 11.1 Å². The summed E-state index contributed by atoms with van der Waals surface area (Å²) in [5, 5.41) is 0. The van der Waals surface area contributed by atoms with Crippen LogP contribution in [0.3, 0.4) is 0 Å². The first-order valence-electron chi connectivity index (χ1n) is 6.25. The molecule has 1 atom stereocenters. The molecule has 0 saturated heterocycles. The van der Waals surface area contributed by atoms with Gasteiger partial charge in [0.1, 0.15) is 6.04 Å². The average Bonchev–Trinajstić information content (AvgIpc) is 2.46. The summed E-state index contributed by atoms with van der Waals surface area (Å²) in [7, 11) is 1.28. The summed E-state index contributed by atoms with van der Waals surface area (Å²) in [6.45, 7) is 0. The second-order valence-electron chi connectivity index (χ2n) is 4.53. The predicted octanol–water partition coefficient (Wildman–Crippen LogP) is 2.07. The normalized spacial score (nSPS) is 12.0. The van der Waals surface area contributed by atoms with Crippen molar-refractivity contribution in [2.24, 2.45) is 5.73 Å². The molecule has 0 spiro atoms. The summed E-state index contributed by atoms with van der Waals surface area (Å²) >= 11 is 0. The van der Waals surface area contributed by atoms with Crippen molar-refractivity contribution < 1.29 is 18.3 Å². The Morgan fingerprint density at radius 3 is 2.29 bits per heavy atom. The van der Waals surface area contributed by atoms with E-state index in [4.69, 9.17) is 5.73 Å². The molecule has 1 aromatic carbocycles. The molecule has 1 aromatic heterocycles. The van der Waals surface area contributed by atoms with Gasteiger partial charge in [0, 0.05) is 12.1 Å². The van der Waals surface area contributed by atoms with Gasteiger partial charge in [0.15, 0.2) is 0 Å². The van der Waals surface area contributed by atoms with E-state index < -0.39 is 23.9 Å². The number of carbonyl (C=O) groups excluding carboxylic acids is 1. The smallest absolute Gasteiger partial charge is 0.322 e. The number of benzene rings is 1. The number of nitrogens with two attached hydrogens (primary N) is 1. The van der Waals surface area contributed by atoms with Gasteiger partial charge in [0.25, 0.3) is 0 Å². The molecule has 0 amide bonds. The number of ether oxygens (including phenoxy) is 1. The molecule has 0 aliphatic heterocycles. The highest BCUT2D eigenvalue weighted by atomic mass is 19.1. The zero-order chi connectivity index (χ0) is 15.4. The molecule has 0 radical (unpaired) electrons. The Balaban J connectivity index is 2.17. The van der Waals surface area contributed by atoms with Crippen LogP contribution in [0.5, 0.6) is 0 Å². The van der Waals surface area contributed by atoms with Gasteiger partial charge < -0.3 is 10.5 Å². The molecule has 21 heavy (non-hydrogen) atoms. The number of hydrogen-bond donors (Lipinski definition) is 1. The van der Waals surface area contributed by atoms with Crippen LogP contribution in [0.25, 0.3) is 11.1 Å². The largest absolute Gasteiger partial charge is 0.468 e. The third-order valence-electron chi connectivity index (χ3n) is 3.01. The third-order valence-corrected chi connectivity index (χ3v) is 3.01. The summed E-state index contributed by atoms with van der Waals surface area (Å²) in [6, 6.07) is 8.46. The van der Waals surface area contributed by atoms with Gasteiger partial charge in [-0.1, -0.05) is 24.3 Å². The van der Waals surface area contributed by atoms with Crippen molar-refractivity contribution in [1.82, 2.24) is 4.98 Å². The molecule has 1 heterocycles. The Morgan fingerprint density at radius 2 is 1.76 bits per heavy atom. The Bertz CT molecular complexity index is 624. The van der Waals surface area contributed by atoms with Gasteiger partial charge in [-0.05, 0) is 23.1 Å². The van der Waals surface area contributed by atoms with E-state index in [-0.39, 0.29) is 0 Å². The molecule has 0 aliphatic rings. The van der Waals surface area contributed by atoms with Gasteiger partial charge in [-0.3, -0.25) is 4.79 Å². The van der Waals surface area contributed by atoms with Crippen molar-refractivity contribution in [3.63, 3.8) is 0 Å². The van der Waals surface area contributed by atoms with E-state index in [1.54, 1.807) is 24.3 Å². The number of halogens is 2. The lowest BCUT2D eigenvalue weighted by Gasteiger charge is -2.10. The SMILES string of the molecule is COC(=O)[C@@H](N)Cc1ccc(-c2cc(F)nc(F)c2)cc1. The summed E-state index contributed by atoms with van der Waals surface area (Å²) in [4.78, 5) is 14.3. The second kappa shape index (κ2) is 6.41. The van der Waals surface area contributed by atoms with E-state index in [2.05, 4.69) is 9.72 Å². The van der Waals surface area contributed by atoms with Gasteiger partial charge >= 0.3 is 5.97 Å². The summed E-state index contributed by atoms with van der Waals surface area (Å²) in [5.74, 6) is -2.24. The van der Waals surface area contributed by atoms with Gasteiger partial charge in [0.2, 0.25) is 11.9 Å². The molecule has 2 aromatic rings. The molecule has 110 valence electrons. The van der Waals surface area contributed by atoms with Gasteiger partial charge in [-0.25, -0.2) is 0 Å². The zero-order valence-electron chi connectivity index (χ0n) is 11.3. The van der Waals surface area contributed by atoms with Gasteiger partial charge in [-0.2, -0.15) is 13.8 Å². The van der Waals surface area contributed by atoms with Crippen molar-refractivity contribution in [2.45, 2.75) is 12.5 Å². The van der Waals surface area contributed by atoms with E-state index in [0.717, 1.165) is 17.7 Å². The van der Waals surface area contributed by atoms with Crippen LogP contribution in [0, 0.1) is 11.9 Å². The molecular formula is C15H14F2N2O2. The fraction of sp³-hybridized carbons (Fsp3) is 0.200. The summed E-state index contributed by atoms with van der Waals surface area (Å²) < 4.78 is 30.7. The predicted molar refractivity (Wildman–Crippen MR) is 73.3 cm³/mol. The third kappa shape index (κ3) is 3.82. The van der Waals surface area contributed by atoms with Crippen LogP contribution in [-0.2, 0) is 16.0 Å². The molecule has 0 unspecified atom stereocenters. The number of esters is 1. The van der Waals surface area contributed by atoms with Crippen molar-refractivity contribution in [1.29, 1.82) is 0 Å². The summed E-state index contributed by atoms with van der Waals surface area (Å²) in [6.07, 6.45) is 0.325. The number of aromatic nitrogens is 1. The molecular weight excluding hydrogens is 278 g/mol. The first kappa shape index (κ1) is 15.1. The number of rotatable bonds is 4. The number of methoxy groups -OCH3 is 1. The first-order valence-corrected chi connectivity index (χ1v) is 6.25. The molecule has 0 aliphatic carbocycles. The fourth-order valence-electron chi connectivity index (χ4n) is 1.95. The minimum absolute atomic E-state index is 0.325. The number of carbonyl (C=O) groups is 1. The van der Waals surface area contributed by atoms with Crippen LogP contribution in [0.1, 0.15) is 5.56 Å². The van der Waals surface area contributed by atoms with E-state index in [0.29, 0.717) is 17.5 Å². The second-order valence-corrected chi connectivity index (χ2v) is 4.53. The van der Waals surface area contributed by atoms with E-state index in [1.807, 2.05) is 0 Å². The lowest BCUT2D eigenvalue weighted by atomic mass is 10.0. The van der Waals surface area contributed by atoms with Crippen molar-refractivity contribution >= 4 is 5.97 Å². The van der Waals surface area contributed by atoms with Crippen molar-refractivity contribution in [3.05, 3.63) is 53.9 Å². The quantitative estimate of drug-likeness (QED) is 0.692. The summed E-state index contributed by atoms with van der Waals surface area (Å²) in [5.41, 5.74) is 7.53. The minimum atomic E-state index is -0.873. The minimum Gasteiger partial charge on any atom is -0.468 e. The van der Waals surface area contributed by atoms with Gasteiger partial charge in [0.05, 0.1) is 7.11 Å². The number of nitrogens with zero attached hydrogens (tertiary/aromatic N) is 1. The highest BCUT2D eigenvalue weighted by Gasteiger charge is 2.14. The average molecular weight is 292 g/mol. The Kier molecular flexibility index (Phi) is 4.59. The van der Waals surface area contributed by atoms with E-state index >= 15 is 0 Å². The van der Waals surface area contributed by atoms with Gasteiger partial charge in [-0.15, -0.1) is 0 Å². The maximum atomic E-state index is 13.1. The molecule has 0 bridgehead atoms. The Morgan fingerprint density at radius 1 is 1.19 bits per heavy atom. The van der Waals surface area contributed by atoms with Crippen molar-refractivity contribution in [2.75, 3.05) is 7.11 Å². The highest BCUT2D eigenvalue weighted by Crippen LogP contribution is 2.21. The maximum absolute atomic E-state index is 13.1. The molecule has 0 fully saturated rings. The lowest BCUT2D eigenvalue weighted by molar-refractivity contribution is -0.142. The standard InChI is InChI=1S/C15H14F2N2O2/c1-21-15(20)12(18)6-9-2-4-10(5-3-9)11-7-13(16)19-14(17)8-11/h2-5,7-8,12H,6,18H2,1H3/t12-/m0/s1. The van der Waals surface area contributed by atoms with Crippen LogP contribution in [0.4, 0.5) is 8.78 Å². The number of hydrogen-bond acceptors (Lipinski definition) is 4. The molecule has 4 nitrogen and oxygen atoms in total.